The highest BCUT2D eigenvalue weighted by atomic mass is 35.5. The second-order valence-electron chi connectivity index (χ2n) is 6.76. The highest BCUT2D eigenvalue weighted by Gasteiger charge is 2.54. The summed E-state index contributed by atoms with van der Waals surface area (Å²) < 4.78 is 5.72. The van der Waals surface area contributed by atoms with Crippen molar-refractivity contribution in [1.82, 2.24) is 10.2 Å². The van der Waals surface area contributed by atoms with E-state index in [2.05, 4.69) is 22.3 Å². The van der Waals surface area contributed by atoms with Crippen LogP contribution in [-0.4, -0.2) is 23.4 Å². The van der Waals surface area contributed by atoms with Crippen LogP contribution in [0.3, 0.4) is 0 Å². The van der Waals surface area contributed by atoms with Crippen LogP contribution < -0.4 is 0 Å². The van der Waals surface area contributed by atoms with Gasteiger partial charge in [0.1, 0.15) is 0 Å². The molecule has 3 aliphatic carbocycles. The molecule has 0 saturated heterocycles. The minimum absolute atomic E-state index is 0.0864. The molecule has 3 atom stereocenters. The number of aromatic nitrogens is 2. The summed E-state index contributed by atoms with van der Waals surface area (Å²) in [6, 6.07) is 4.34. The fourth-order valence-electron chi connectivity index (χ4n) is 5.05. The molecule has 2 bridgehead atoms. The third kappa shape index (κ3) is 1.37. The number of allylic oxidation sites excluding steroid dienone is 1. The van der Waals surface area contributed by atoms with Crippen molar-refractivity contribution in [2.24, 2.45) is 11.3 Å². The van der Waals surface area contributed by atoms with Crippen molar-refractivity contribution in [3.05, 3.63) is 34.5 Å². The average molecular weight is 301 g/mol. The molecule has 1 aromatic carbocycles. The highest BCUT2D eigenvalue weighted by Crippen LogP contribution is 2.64. The van der Waals surface area contributed by atoms with Gasteiger partial charge < -0.3 is 4.74 Å². The Balaban J connectivity index is 1.82. The molecule has 3 aliphatic rings. The number of hydrogen-bond donors (Lipinski definition) is 1. The van der Waals surface area contributed by atoms with Gasteiger partial charge in [0, 0.05) is 17.9 Å². The zero-order chi connectivity index (χ0) is 14.2. The molecule has 0 aliphatic heterocycles. The van der Waals surface area contributed by atoms with Gasteiger partial charge in [0.15, 0.2) is 0 Å². The lowest BCUT2D eigenvalue weighted by atomic mass is 9.74. The lowest BCUT2D eigenvalue weighted by Gasteiger charge is -2.35. The maximum atomic E-state index is 6.79. The van der Waals surface area contributed by atoms with Gasteiger partial charge in [-0.3, -0.25) is 5.10 Å². The number of ether oxygens (including phenoxy) is 1. The Kier molecular flexibility index (Phi) is 2.28. The largest absolute Gasteiger partial charge is 0.376 e. The molecule has 1 N–H and O–H groups in total. The number of aromatic amines is 1. The van der Waals surface area contributed by atoms with E-state index in [9.17, 15) is 0 Å². The van der Waals surface area contributed by atoms with Gasteiger partial charge in [-0.2, -0.15) is 5.10 Å². The van der Waals surface area contributed by atoms with Gasteiger partial charge in [-0.15, -0.1) is 0 Å². The fourth-order valence-corrected chi connectivity index (χ4v) is 5.62. The molecule has 4 heteroatoms. The van der Waals surface area contributed by atoms with Gasteiger partial charge in [-0.1, -0.05) is 17.7 Å². The monoisotopic (exact) mass is 300 g/mol. The summed E-state index contributed by atoms with van der Waals surface area (Å²) in [7, 11) is 1.79. The van der Waals surface area contributed by atoms with Gasteiger partial charge >= 0.3 is 0 Å². The van der Waals surface area contributed by atoms with Crippen LogP contribution in [0.2, 0.25) is 0 Å². The molecule has 1 aromatic heterocycles. The first kappa shape index (κ1) is 12.2. The Hall–Kier alpha value is -1.32. The molecule has 2 aromatic rings. The number of nitrogens with one attached hydrogen (secondary N) is 1. The predicted molar refractivity (Wildman–Crippen MR) is 83.1 cm³/mol. The zero-order valence-corrected chi connectivity index (χ0v) is 12.7. The van der Waals surface area contributed by atoms with Crippen LogP contribution in [0.15, 0.2) is 23.4 Å². The van der Waals surface area contributed by atoms with E-state index in [0.717, 1.165) is 17.0 Å². The van der Waals surface area contributed by atoms with Gasteiger partial charge in [-0.05, 0) is 54.4 Å². The van der Waals surface area contributed by atoms with Gasteiger partial charge in [0.05, 0.1) is 22.8 Å². The second kappa shape index (κ2) is 3.90. The zero-order valence-electron chi connectivity index (χ0n) is 11.9. The van der Waals surface area contributed by atoms with Crippen LogP contribution >= 0.6 is 11.6 Å². The van der Waals surface area contributed by atoms with E-state index >= 15 is 0 Å². The number of halogens is 1. The Morgan fingerprint density at radius 3 is 3.19 bits per heavy atom. The third-order valence-electron chi connectivity index (χ3n) is 5.87. The van der Waals surface area contributed by atoms with Crippen molar-refractivity contribution in [3.8, 4) is 0 Å². The van der Waals surface area contributed by atoms with Crippen molar-refractivity contribution in [2.45, 2.75) is 31.8 Å². The molecule has 1 spiro atoms. The number of fused-ring (bicyclic) bond motifs is 5. The standard InChI is InChI=1S/C17H17ClN2O/c1-21-16-9-4-5-17(6-9)7-11-10(14(17)15(16)18)2-3-13-12(11)8-19-20-13/h2-3,8-9,16H,4-7H2,1H3,(H,19,20)/t9-,16-,17?/m1/s1. The van der Waals surface area contributed by atoms with Gasteiger partial charge in [-0.25, -0.2) is 0 Å². The maximum absolute atomic E-state index is 6.79. The number of nitrogens with zero attached hydrogens (tertiary/aromatic N) is 1. The first-order valence-corrected chi connectivity index (χ1v) is 7.99. The minimum Gasteiger partial charge on any atom is -0.376 e. The van der Waals surface area contributed by atoms with E-state index in [1.165, 1.54) is 41.3 Å². The van der Waals surface area contributed by atoms with E-state index in [-0.39, 0.29) is 11.5 Å². The number of hydrogen-bond acceptors (Lipinski definition) is 2. The molecule has 21 heavy (non-hydrogen) atoms. The topological polar surface area (TPSA) is 37.9 Å². The molecule has 1 fully saturated rings. The van der Waals surface area contributed by atoms with E-state index in [1.54, 1.807) is 7.11 Å². The Bertz CT molecular complexity index is 793. The second-order valence-corrected chi connectivity index (χ2v) is 7.17. The summed E-state index contributed by atoms with van der Waals surface area (Å²) in [5, 5.41) is 9.49. The summed E-state index contributed by atoms with van der Waals surface area (Å²) in [4.78, 5) is 0. The summed E-state index contributed by atoms with van der Waals surface area (Å²) in [6.45, 7) is 0. The number of H-pyrrole nitrogens is 1. The van der Waals surface area contributed by atoms with Crippen molar-refractivity contribution < 1.29 is 4.74 Å². The molecule has 1 saturated carbocycles. The minimum atomic E-state index is 0.0864. The maximum Gasteiger partial charge on any atom is 0.0958 e. The van der Waals surface area contributed by atoms with Crippen molar-refractivity contribution in [1.29, 1.82) is 0 Å². The van der Waals surface area contributed by atoms with Gasteiger partial charge in [0.25, 0.3) is 0 Å². The van der Waals surface area contributed by atoms with Crippen molar-refractivity contribution in [3.63, 3.8) is 0 Å². The molecule has 1 heterocycles. The SMILES string of the molecule is CO[C@H]1C(Cl)=C2c3ccc4[nH]ncc4c3CC23CC[C@@H]1C3. The Morgan fingerprint density at radius 2 is 2.33 bits per heavy atom. The molecule has 3 nitrogen and oxygen atoms in total. The van der Waals surface area contributed by atoms with Crippen molar-refractivity contribution >= 4 is 28.1 Å². The number of benzene rings is 1. The molecule has 0 radical (unpaired) electrons. The molecular formula is C17H17ClN2O. The number of methoxy groups -OCH3 is 1. The highest BCUT2D eigenvalue weighted by molar-refractivity contribution is 6.34. The Morgan fingerprint density at radius 1 is 1.43 bits per heavy atom. The number of rotatable bonds is 1. The smallest absolute Gasteiger partial charge is 0.0958 e. The first-order valence-electron chi connectivity index (χ1n) is 7.62. The molecule has 5 rings (SSSR count). The van der Waals surface area contributed by atoms with Crippen LogP contribution in [0.25, 0.3) is 16.5 Å². The van der Waals surface area contributed by atoms with Crippen LogP contribution in [0, 0.1) is 11.3 Å². The predicted octanol–water partition coefficient (Wildman–Crippen LogP) is 3.88. The molecule has 1 unspecified atom stereocenters. The van der Waals surface area contributed by atoms with E-state index in [4.69, 9.17) is 16.3 Å². The van der Waals surface area contributed by atoms with Crippen LogP contribution in [-0.2, 0) is 11.2 Å². The lowest BCUT2D eigenvalue weighted by Crippen LogP contribution is -2.30. The lowest BCUT2D eigenvalue weighted by molar-refractivity contribution is 0.0799. The Labute approximate surface area is 128 Å². The van der Waals surface area contributed by atoms with E-state index in [0.29, 0.717) is 5.92 Å². The first-order chi connectivity index (χ1) is 10.2. The normalized spacial score (nSPS) is 33.6. The molecule has 0 amide bonds. The van der Waals surface area contributed by atoms with Crippen LogP contribution in [0.5, 0.6) is 0 Å². The summed E-state index contributed by atoms with van der Waals surface area (Å²) in [5.41, 5.74) is 5.49. The van der Waals surface area contributed by atoms with Crippen LogP contribution in [0.4, 0.5) is 0 Å². The van der Waals surface area contributed by atoms with E-state index < -0.39 is 0 Å². The molecule has 108 valence electrons. The van der Waals surface area contributed by atoms with Gasteiger partial charge in [0.2, 0.25) is 0 Å². The van der Waals surface area contributed by atoms with Crippen molar-refractivity contribution in [2.75, 3.05) is 7.11 Å². The third-order valence-corrected chi connectivity index (χ3v) is 6.27. The summed E-state index contributed by atoms with van der Waals surface area (Å²) in [5.74, 6) is 0.584. The summed E-state index contributed by atoms with van der Waals surface area (Å²) in [6.07, 6.45) is 6.82. The quantitative estimate of drug-likeness (QED) is 0.868. The summed E-state index contributed by atoms with van der Waals surface area (Å²) >= 11 is 6.79. The molecular weight excluding hydrogens is 284 g/mol. The van der Waals surface area contributed by atoms with E-state index in [1.807, 2.05) is 6.20 Å². The average Bonchev–Trinajstić information content (AvgIpc) is 3.15. The van der Waals surface area contributed by atoms with Crippen LogP contribution in [0.1, 0.15) is 30.4 Å². The fraction of sp³-hybridized carbons (Fsp3) is 0.471.